The number of hydrogen-bond acceptors (Lipinski definition) is 7. The minimum absolute atomic E-state index is 0.219. The number of nitrogens with one attached hydrogen (secondary N) is 2. The van der Waals surface area contributed by atoms with E-state index in [0.717, 1.165) is 48.5 Å². The van der Waals surface area contributed by atoms with Crippen molar-refractivity contribution in [3.05, 3.63) is 58.7 Å². The first-order chi connectivity index (χ1) is 18.4. The van der Waals surface area contributed by atoms with Crippen LogP contribution in [0.3, 0.4) is 0 Å². The molecule has 0 aromatic heterocycles. The quantitative estimate of drug-likeness (QED) is 0.590. The molecule has 5 rings (SSSR count). The van der Waals surface area contributed by atoms with E-state index in [1.807, 2.05) is 37.2 Å². The van der Waals surface area contributed by atoms with E-state index in [4.69, 9.17) is 14.5 Å². The number of hydrogen-bond donors (Lipinski definition) is 2. The zero-order valence-corrected chi connectivity index (χ0v) is 22.6. The normalized spacial score (nSPS) is 23.5. The highest BCUT2D eigenvalue weighted by molar-refractivity contribution is 6.15. The molecule has 3 aliphatic rings. The zero-order valence-electron chi connectivity index (χ0n) is 22.6. The van der Waals surface area contributed by atoms with E-state index in [0.29, 0.717) is 23.8 Å². The van der Waals surface area contributed by atoms with Crippen LogP contribution in [-0.4, -0.2) is 87.4 Å². The highest BCUT2D eigenvalue weighted by Crippen LogP contribution is 2.44. The zero-order chi connectivity index (χ0) is 26.8. The average Bonchev–Trinajstić information content (AvgIpc) is 2.95. The monoisotopic (exact) mass is 519 g/mol. The van der Waals surface area contributed by atoms with Gasteiger partial charge in [0.15, 0.2) is 11.5 Å². The van der Waals surface area contributed by atoms with Gasteiger partial charge in [-0.1, -0.05) is 25.0 Å². The van der Waals surface area contributed by atoms with E-state index in [9.17, 15) is 9.59 Å². The van der Waals surface area contributed by atoms with E-state index in [1.54, 1.807) is 26.4 Å². The number of fused-ring (bicyclic) bond motifs is 3. The first kappa shape index (κ1) is 26.2. The summed E-state index contributed by atoms with van der Waals surface area (Å²) in [6, 6.07) is 11.4. The highest BCUT2D eigenvalue weighted by atomic mass is 16.5. The van der Waals surface area contributed by atoms with Crippen LogP contribution >= 0.6 is 0 Å². The Bertz CT molecular complexity index is 1230. The number of carbonyl (C=O) groups excluding carboxylic acids is 2. The number of amides is 2. The number of hydrazine groups is 1. The lowest BCUT2D eigenvalue weighted by Crippen LogP contribution is -2.59. The lowest BCUT2D eigenvalue weighted by molar-refractivity contribution is -0.128. The van der Waals surface area contributed by atoms with Crippen LogP contribution < -0.4 is 20.3 Å². The van der Waals surface area contributed by atoms with Crippen molar-refractivity contribution in [2.45, 2.75) is 43.7 Å². The van der Waals surface area contributed by atoms with Crippen molar-refractivity contribution < 1.29 is 19.1 Å². The fourth-order valence-electron chi connectivity index (χ4n) is 5.85. The minimum atomic E-state index is -0.360. The summed E-state index contributed by atoms with van der Waals surface area (Å²) in [4.78, 5) is 34.8. The summed E-state index contributed by atoms with van der Waals surface area (Å²) < 4.78 is 11.2. The molecule has 1 saturated heterocycles. The number of benzene rings is 2. The van der Waals surface area contributed by atoms with Gasteiger partial charge in [-0.05, 0) is 56.8 Å². The first-order valence-electron chi connectivity index (χ1n) is 13.3. The molecule has 202 valence electrons. The summed E-state index contributed by atoms with van der Waals surface area (Å²) in [5, 5.41) is 0. The van der Waals surface area contributed by atoms with Crippen molar-refractivity contribution >= 4 is 17.5 Å². The molecule has 9 nitrogen and oxygen atoms in total. The van der Waals surface area contributed by atoms with Crippen LogP contribution in [0.4, 0.5) is 0 Å². The van der Waals surface area contributed by atoms with E-state index in [-0.39, 0.29) is 23.9 Å². The van der Waals surface area contributed by atoms with Crippen LogP contribution in [0.1, 0.15) is 58.6 Å². The fraction of sp³-hybridized carbons (Fsp3) is 0.483. The number of likely N-dealkylation sites (N-methyl/N-ethyl adjacent to an activating group) is 2. The Labute approximate surface area is 224 Å². The van der Waals surface area contributed by atoms with Gasteiger partial charge in [0.05, 0.1) is 26.0 Å². The maximum absolute atomic E-state index is 12.8. The first-order valence-corrected chi connectivity index (χ1v) is 13.3. The lowest BCUT2D eigenvalue weighted by atomic mass is 9.75. The van der Waals surface area contributed by atoms with E-state index in [1.165, 1.54) is 18.4 Å². The topological polar surface area (TPSA) is 95.5 Å². The lowest BCUT2D eigenvalue weighted by Gasteiger charge is -2.36. The molecule has 2 aliphatic heterocycles. The Morgan fingerprint density at radius 2 is 1.66 bits per heavy atom. The summed E-state index contributed by atoms with van der Waals surface area (Å²) in [5.74, 6) is 1.20. The number of aliphatic imine (C=N–C) groups is 1. The second kappa shape index (κ2) is 11.1. The smallest absolute Gasteiger partial charge is 0.269 e. The van der Waals surface area contributed by atoms with Crippen LogP contribution in [0.15, 0.2) is 41.4 Å². The second-order valence-electron chi connectivity index (χ2n) is 10.5. The number of carbonyl (C=O) groups is 2. The maximum Gasteiger partial charge on any atom is 0.269 e. The molecule has 2 N–H and O–H groups in total. The van der Waals surface area contributed by atoms with E-state index >= 15 is 0 Å². The van der Waals surface area contributed by atoms with Gasteiger partial charge in [0, 0.05) is 42.2 Å². The van der Waals surface area contributed by atoms with Crippen LogP contribution in [0.2, 0.25) is 0 Å². The molecular weight excluding hydrogens is 482 g/mol. The van der Waals surface area contributed by atoms with Crippen molar-refractivity contribution in [1.29, 1.82) is 0 Å². The maximum atomic E-state index is 12.8. The molecule has 2 aromatic rings. The van der Waals surface area contributed by atoms with Gasteiger partial charge in [0.2, 0.25) is 0 Å². The van der Waals surface area contributed by atoms with Gasteiger partial charge in [-0.3, -0.25) is 30.3 Å². The molecule has 2 amide bonds. The van der Waals surface area contributed by atoms with Crippen LogP contribution in [0.5, 0.6) is 11.5 Å². The molecule has 1 unspecified atom stereocenters. The predicted octanol–water partition coefficient (Wildman–Crippen LogP) is 2.59. The van der Waals surface area contributed by atoms with E-state index < -0.39 is 0 Å². The van der Waals surface area contributed by atoms with Gasteiger partial charge in [-0.15, -0.1) is 0 Å². The molecular formula is C29H37N5O4. The Morgan fingerprint density at radius 1 is 0.947 bits per heavy atom. The Hall–Kier alpha value is -3.43. The van der Waals surface area contributed by atoms with Crippen molar-refractivity contribution in [2.24, 2.45) is 4.99 Å². The molecule has 0 radical (unpaired) electrons. The van der Waals surface area contributed by atoms with Gasteiger partial charge in [0.1, 0.15) is 6.04 Å². The van der Waals surface area contributed by atoms with Crippen LogP contribution in [0, 0.1) is 0 Å². The number of nitrogens with zero attached hydrogens (tertiary/aromatic N) is 3. The summed E-state index contributed by atoms with van der Waals surface area (Å²) in [7, 11) is 7.22. The molecule has 2 aromatic carbocycles. The van der Waals surface area contributed by atoms with Crippen LogP contribution in [0.25, 0.3) is 0 Å². The minimum Gasteiger partial charge on any atom is -0.493 e. The third kappa shape index (κ3) is 5.13. The third-order valence-corrected chi connectivity index (χ3v) is 8.11. The Balaban J connectivity index is 1.34. The molecule has 2 fully saturated rings. The largest absolute Gasteiger partial charge is 0.493 e. The van der Waals surface area contributed by atoms with E-state index in [2.05, 4.69) is 21.8 Å². The summed E-state index contributed by atoms with van der Waals surface area (Å²) in [6.45, 7) is 2.34. The fourth-order valence-corrected chi connectivity index (χ4v) is 5.85. The van der Waals surface area contributed by atoms with Gasteiger partial charge in [0.25, 0.3) is 11.8 Å². The third-order valence-electron chi connectivity index (χ3n) is 8.11. The highest BCUT2D eigenvalue weighted by Gasteiger charge is 2.35. The molecule has 2 heterocycles. The Morgan fingerprint density at radius 3 is 2.39 bits per heavy atom. The number of methoxy groups -OCH3 is 2. The average molecular weight is 520 g/mol. The predicted molar refractivity (Wildman–Crippen MR) is 146 cm³/mol. The Kier molecular flexibility index (Phi) is 7.67. The number of rotatable bonds is 5. The van der Waals surface area contributed by atoms with Crippen LogP contribution in [-0.2, 0) is 4.79 Å². The van der Waals surface area contributed by atoms with Gasteiger partial charge in [-0.2, -0.15) is 0 Å². The summed E-state index contributed by atoms with van der Waals surface area (Å²) in [5.41, 5.74) is 9.77. The second-order valence-corrected chi connectivity index (χ2v) is 10.5. The van der Waals surface area contributed by atoms with Crippen molar-refractivity contribution in [1.82, 2.24) is 20.7 Å². The number of ether oxygens (including phenoxy) is 2. The van der Waals surface area contributed by atoms with Crippen molar-refractivity contribution in [3.8, 4) is 11.5 Å². The van der Waals surface area contributed by atoms with Crippen molar-refractivity contribution in [2.75, 3.05) is 47.9 Å². The summed E-state index contributed by atoms with van der Waals surface area (Å²) in [6.07, 6.45) is 4.56. The molecule has 38 heavy (non-hydrogen) atoms. The molecule has 1 aliphatic carbocycles. The number of piperazine rings is 1. The molecule has 1 saturated carbocycles. The van der Waals surface area contributed by atoms with Crippen molar-refractivity contribution in [3.63, 3.8) is 0 Å². The SMILES string of the molecule is COc1cc2c(cc1OC)[C@H]1CCCC[C@H]1N=C2c1ccc(C(=O)NNC(=O)C2CN(C)CCN2C)cc1. The summed E-state index contributed by atoms with van der Waals surface area (Å²) >= 11 is 0. The molecule has 3 atom stereocenters. The molecule has 9 heteroatoms. The standard InChI is InChI=1S/C29H37N5O4/c1-33-13-14-34(2)24(17-33)29(36)32-31-28(35)19-11-9-18(10-12-19)27-22-16-26(38-4)25(37-3)15-21(22)20-7-5-6-8-23(20)30-27/h9-12,15-16,20,23-24H,5-8,13-14,17H2,1-4H3,(H,31,35)(H,32,36)/t20-,23-,24?/m1/s1. The molecule has 0 bridgehead atoms. The molecule has 0 spiro atoms. The van der Waals surface area contributed by atoms with Gasteiger partial charge in [-0.25, -0.2) is 0 Å². The van der Waals surface area contributed by atoms with Gasteiger partial charge >= 0.3 is 0 Å². The van der Waals surface area contributed by atoms with Gasteiger partial charge < -0.3 is 14.4 Å².